The molecule has 1 atom stereocenters. The summed E-state index contributed by atoms with van der Waals surface area (Å²) < 4.78 is 0. The zero-order valence-corrected chi connectivity index (χ0v) is 14.1. The number of carbonyl (C=O) groups excluding carboxylic acids is 2. The Morgan fingerprint density at radius 2 is 2.22 bits per heavy atom. The molecule has 0 bridgehead atoms. The lowest BCUT2D eigenvalue weighted by Gasteiger charge is -2.33. The van der Waals surface area contributed by atoms with E-state index in [-0.39, 0.29) is 17.9 Å². The molecule has 6 nitrogen and oxygen atoms in total. The van der Waals surface area contributed by atoms with Crippen LogP contribution in [-0.2, 0) is 9.59 Å². The van der Waals surface area contributed by atoms with Crippen LogP contribution < -0.4 is 15.5 Å². The summed E-state index contributed by atoms with van der Waals surface area (Å²) in [6, 6.07) is 7.92. The number of nitrogens with zero attached hydrogens (tertiary/aromatic N) is 2. The summed E-state index contributed by atoms with van der Waals surface area (Å²) in [7, 11) is 3.61. The van der Waals surface area contributed by atoms with E-state index in [9.17, 15) is 9.59 Å². The fourth-order valence-electron chi connectivity index (χ4n) is 2.74. The number of likely N-dealkylation sites (N-methyl/N-ethyl adjacent to an activating group) is 1. The summed E-state index contributed by atoms with van der Waals surface area (Å²) in [6.07, 6.45) is 0.449. The van der Waals surface area contributed by atoms with Gasteiger partial charge in [0.1, 0.15) is 6.04 Å². The Morgan fingerprint density at radius 3 is 2.91 bits per heavy atom. The molecule has 2 N–H and O–H groups in total. The Balaban J connectivity index is 1.85. The van der Waals surface area contributed by atoms with E-state index < -0.39 is 0 Å². The van der Waals surface area contributed by atoms with Gasteiger partial charge in [-0.15, -0.1) is 0 Å². The molecule has 2 amide bonds. The number of benzene rings is 1. The van der Waals surface area contributed by atoms with Crippen LogP contribution >= 0.6 is 0 Å². The molecular formula is C17H26N4O2. The minimum Gasteiger partial charge on any atom is -0.374 e. The van der Waals surface area contributed by atoms with Crippen molar-refractivity contribution in [2.24, 2.45) is 0 Å². The Labute approximate surface area is 137 Å². The van der Waals surface area contributed by atoms with E-state index in [0.717, 1.165) is 5.69 Å². The third-order valence-corrected chi connectivity index (χ3v) is 4.19. The number of piperazine rings is 1. The van der Waals surface area contributed by atoms with E-state index in [1.54, 1.807) is 11.9 Å². The molecule has 1 fully saturated rings. The maximum atomic E-state index is 12.4. The highest BCUT2D eigenvalue weighted by Crippen LogP contribution is 2.14. The Bertz CT molecular complexity index is 561. The van der Waals surface area contributed by atoms with Crippen LogP contribution in [0.25, 0.3) is 0 Å². The van der Waals surface area contributed by atoms with Crippen LogP contribution in [0.3, 0.4) is 0 Å². The first-order valence-corrected chi connectivity index (χ1v) is 8.02. The molecule has 0 radical (unpaired) electrons. The van der Waals surface area contributed by atoms with E-state index in [1.165, 1.54) is 5.56 Å². The van der Waals surface area contributed by atoms with Crippen LogP contribution in [0.2, 0.25) is 0 Å². The van der Waals surface area contributed by atoms with E-state index >= 15 is 0 Å². The van der Waals surface area contributed by atoms with Gasteiger partial charge < -0.3 is 20.4 Å². The fourth-order valence-corrected chi connectivity index (χ4v) is 2.74. The summed E-state index contributed by atoms with van der Waals surface area (Å²) in [5.41, 5.74) is 2.32. The smallest absolute Gasteiger partial charge is 0.238 e. The van der Waals surface area contributed by atoms with E-state index in [4.69, 9.17) is 0 Å². The number of hydrogen-bond donors (Lipinski definition) is 2. The van der Waals surface area contributed by atoms with E-state index in [0.29, 0.717) is 32.6 Å². The molecule has 23 heavy (non-hydrogen) atoms. The van der Waals surface area contributed by atoms with Crippen molar-refractivity contribution in [2.45, 2.75) is 19.4 Å². The number of carbonyl (C=O) groups is 2. The van der Waals surface area contributed by atoms with Crippen molar-refractivity contribution in [2.75, 3.05) is 45.2 Å². The van der Waals surface area contributed by atoms with Gasteiger partial charge in [-0.25, -0.2) is 0 Å². The SMILES string of the molecule is CNC(=O)C1CN(C(=O)CCN(C)c2cccc(C)c2)CCN1. The lowest BCUT2D eigenvalue weighted by molar-refractivity contribution is -0.133. The van der Waals surface area contributed by atoms with Gasteiger partial charge in [0.15, 0.2) is 0 Å². The summed E-state index contributed by atoms with van der Waals surface area (Å²) in [5, 5.41) is 5.76. The highest BCUT2D eigenvalue weighted by molar-refractivity contribution is 5.83. The van der Waals surface area contributed by atoms with Crippen LogP contribution in [-0.4, -0.2) is 63.0 Å². The molecule has 0 saturated carbocycles. The average molecular weight is 318 g/mol. The maximum Gasteiger partial charge on any atom is 0.238 e. The van der Waals surface area contributed by atoms with Crippen molar-refractivity contribution in [3.05, 3.63) is 29.8 Å². The van der Waals surface area contributed by atoms with Gasteiger partial charge in [0.2, 0.25) is 11.8 Å². The summed E-state index contributed by atoms with van der Waals surface area (Å²) in [4.78, 5) is 28.0. The zero-order chi connectivity index (χ0) is 16.8. The van der Waals surface area contributed by atoms with Crippen LogP contribution in [0.5, 0.6) is 0 Å². The molecule has 1 aromatic rings. The fraction of sp³-hybridized carbons (Fsp3) is 0.529. The maximum absolute atomic E-state index is 12.4. The molecule has 126 valence electrons. The normalized spacial score (nSPS) is 17.7. The Hall–Kier alpha value is -2.08. The molecule has 0 spiro atoms. The van der Waals surface area contributed by atoms with Crippen LogP contribution in [0.1, 0.15) is 12.0 Å². The third-order valence-electron chi connectivity index (χ3n) is 4.19. The average Bonchev–Trinajstić information content (AvgIpc) is 2.58. The van der Waals surface area contributed by atoms with Crippen molar-refractivity contribution in [1.82, 2.24) is 15.5 Å². The topological polar surface area (TPSA) is 64.7 Å². The van der Waals surface area contributed by atoms with Crippen LogP contribution in [0, 0.1) is 6.92 Å². The monoisotopic (exact) mass is 318 g/mol. The van der Waals surface area contributed by atoms with Crippen molar-refractivity contribution in [3.63, 3.8) is 0 Å². The number of amides is 2. The third kappa shape index (κ3) is 4.69. The molecule has 0 aliphatic carbocycles. The molecule has 1 aliphatic heterocycles. The van der Waals surface area contributed by atoms with Crippen molar-refractivity contribution >= 4 is 17.5 Å². The molecule has 0 aromatic heterocycles. The number of hydrogen-bond acceptors (Lipinski definition) is 4. The summed E-state index contributed by atoms with van der Waals surface area (Å²) in [5.74, 6) is 0.0271. The van der Waals surface area contributed by atoms with Gasteiger partial charge in [0.25, 0.3) is 0 Å². The van der Waals surface area contributed by atoms with Gasteiger partial charge in [0, 0.05) is 52.4 Å². The van der Waals surface area contributed by atoms with Crippen LogP contribution in [0.4, 0.5) is 5.69 Å². The first kappa shape index (κ1) is 17.3. The second-order valence-corrected chi connectivity index (χ2v) is 5.97. The molecule has 1 heterocycles. The number of rotatable bonds is 5. The first-order chi connectivity index (χ1) is 11.0. The van der Waals surface area contributed by atoms with E-state index in [1.807, 2.05) is 19.2 Å². The lowest BCUT2D eigenvalue weighted by atomic mass is 10.1. The minimum absolute atomic E-state index is 0.0700. The second kappa shape index (κ2) is 7.97. The van der Waals surface area contributed by atoms with Gasteiger partial charge in [0.05, 0.1) is 0 Å². The van der Waals surface area contributed by atoms with Crippen molar-refractivity contribution < 1.29 is 9.59 Å². The molecule has 1 aromatic carbocycles. The largest absolute Gasteiger partial charge is 0.374 e. The molecule has 1 saturated heterocycles. The molecule has 1 aliphatic rings. The first-order valence-electron chi connectivity index (χ1n) is 8.02. The number of anilines is 1. The van der Waals surface area contributed by atoms with Gasteiger partial charge in [-0.1, -0.05) is 12.1 Å². The van der Waals surface area contributed by atoms with Crippen molar-refractivity contribution in [1.29, 1.82) is 0 Å². The van der Waals surface area contributed by atoms with Gasteiger partial charge in [-0.05, 0) is 24.6 Å². The Kier molecular flexibility index (Phi) is 5.98. The molecule has 6 heteroatoms. The highest BCUT2D eigenvalue weighted by Gasteiger charge is 2.27. The van der Waals surface area contributed by atoms with E-state index in [2.05, 4.69) is 34.6 Å². The van der Waals surface area contributed by atoms with Gasteiger partial charge in [-0.3, -0.25) is 9.59 Å². The second-order valence-electron chi connectivity index (χ2n) is 5.97. The van der Waals surface area contributed by atoms with Crippen molar-refractivity contribution in [3.8, 4) is 0 Å². The number of nitrogens with one attached hydrogen (secondary N) is 2. The summed E-state index contributed by atoms with van der Waals surface area (Å²) >= 11 is 0. The quantitative estimate of drug-likeness (QED) is 0.823. The predicted octanol–water partition coefficient (Wildman–Crippen LogP) is 0.368. The highest BCUT2D eigenvalue weighted by atomic mass is 16.2. The minimum atomic E-state index is -0.313. The molecular weight excluding hydrogens is 292 g/mol. The molecule has 1 unspecified atom stereocenters. The van der Waals surface area contributed by atoms with Crippen LogP contribution in [0.15, 0.2) is 24.3 Å². The zero-order valence-electron chi connectivity index (χ0n) is 14.1. The van der Waals surface area contributed by atoms with Gasteiger partial charge in [-0.2, -0.15) is 0 Å². The number of aryl methyl sites for hydroxylation is 1. The van der Waals surface area contributed by atoms with Gasteiger partial charge >= 0.3 is 0 Å². The Morgan fingerprint density at radius 1 is 1.43 bits per heavy atom. The lowest BCUT2D eigenvalue weighted by Crippen LogP contribution is -2.58. The predicted molar refractivity (Wildman–Crippen MR) is 91.5 cm³/mol. The summed E-state index contributed by atoms with van der Waals surface area (Å²) in [6.45, 7) is 4.46. The standard InChI is InChI=1S/C17H26N4O2/c1-13-5-4-6-14(11-13)20(3)9-7-16(22)21-10-8-19-15(12-21)17(23)18-2/h4-6,11,15,19H,7-10,12H2,1-3H3,(H,18,23). The molecule has 2 rings (SSSR count).